The summed E-state index contributed by atoms with van der Waals surface area (Å²) >= 11 is 5.88. The zero-order valence-corrected chi connectivity index (χ0v) is 23.8. The molecule has 1 saturated carbocycles. The molecular weight excluding hydrogens is 530 g/mol. The van der Waals surface area contributed by atoms with E-state index in [4.69, 9.17) is 11.6 Å². The van der Waals surface area contributed by atoms with E-state index in [2.05, 4.69) is 20.7 Å². The van der Waals surface area contributed by atoms with Gasteiger partial charge in [-0.05, 0) is 51.1 Å². The molecule has 0 bridgehead atoms. The van der Waals surface area contributed by atoms with Crippen LogP contribution < -0.4 is 16.0 Å². The lowest BCUT2D eigenvalue weighted by Gasteiger charge is -2.43. The lowest BCUT2D eigenvalue weighted by atomic mass is 9.74. The van der Waals surface area contributed by atoms with E-state index in [1.54, 1.807) is 4.90 Å². The molecule has 1 aromatic rings. The number of aliphatic hydroxyl groups is 1. The minimum Gasteiger partial charge on any atom is -0.453 e. The van der Waals surface area contributed by atoms with Crippen LogP contribution >= 0.6 is 11.6 Å². The summed E-state index contributed by atoms with van der Waals surface area (Å²) < 4.78 is 33.8. The van der Waals surface area contributed by atoms with Gasteiger partial charge in [-0.3, -0.25) is 0 Å². The fourth-order valence-electron chi connectivity index (χ4n) is 6.12. The SMILES string of the molecule is CNCC(CC1CCCCC1)NC(=O)N1CCCC(C(O)(CCCNC(=O)OC)c2ccc(F)c(Cl)c2F)C1. The molecule has 0 aromatic heterocycles. The van der Waals surface area contributed by atoms with Crippen molar-refractivity contribution in [3.63, 3.8) is 0 Å². The molecule has 0 spiro atoms. The van der Waals surface area contributed by atoms with Crippen molar-refractivity contribution >= 4 is 23.7 Å². The second-order valence-electron chi connectivity index (χ2n) is 10.9. The number of likely N-dealkylation sites (N-methyl/N-ethyl adjacent to an activating group) is 1. The standard InChI is InChI=1S/C28H43ClF2N4O4/c1-32-17-21(16-19-8-4-3-5-9-19)34-26(36)35-15-6-10-20(18-35)28(38,13-7-14-33-27(37)39-2)22-11-12-23(30)24(29)25(22)31/h11-12,19-21,32,38H,3-10,13-18H2,1-2H3,(H,33,37)(H,34,36). The van der Waals surface area contributed by atoms with Gasteiger partial charge >= 0.3 is 12.1 Å². The van der Waals surface area contributed by atoms with Crippen LogP contribution in [0.5, 0.6) is 0 Å². The smallest absolute Gasteiger partial charge is 0.406 e. The Morgan fingerprint density at radius 3 is 2.64 bits per heavy atom. The predicted molar refractivity (Wildman–Crippen MR) is 147 cm³/mol. The summed E-state index contributed by atoms with van der Waals surface area (Å²) in [6.45, 7) is 1.58. The van der Waals surface area contributed by atoms with Crippen molar-refractivity contribution in [1.29, 1.82) is 0 Å². The molecule has 1 aliphatic carbocycles. The first-order valence-electron chi connectivity index (χ1n) is 14.1. The molecule has 1 saturated heterocycles. The van der Waals surface area contributed by atoms with E-state index < -0.39 is 34.3 Å². The molecule has 3 atom stereocenters. The average molecular weight is 573 g/mol. The summed E-state index contributed by atoms with van der Waals surface area (Å²) in [7, 11) is 3.12. The van der Waals surface area contributed by atoms with Gasteiger partial charge in [0, 0.05) is 43.7 Å². The molecule has 3 unspecified atom stereocenters. The molecule has 1 aromatic carbocycles. The minimum absolute atomic E-state index is 0.0115. The number of rotatable bonds is 11. The maximum absolute atomic E-state index is 15.2. The maximum atomic E-state index is 15.2. The minimum atomic E-state index is -1.73. The van der Waals surface area contributed by atoms with Gasteiger partial charge in [-0.1, -0.05) is 49.8 Å². The Hall–Kier alpha value is -2.17. The van der Waals surface area contributed by atoms with Crippen LogP contribution in [-0.2, 0) is 10.3 Å². The van der Waals surface area contributed by atoms with E-state index >= 15 is 4.39 Å². The third-order valence-electron chi connectivity index (χ3n) is 8.20. The average Bonchev–Trinajstić information content (AvgIpc) is 2.94. The summed E-state index contributed by atoms with van der Waals surface area (Å²) in [4.78, 5) is 26.5. The van der Waals surface area contributed by atoms with Gasteiger partial charge in [-0.15, -0.1) is 0 Å². The molecular formula is C28H43ClF2N4O4. The van der Waals surface area contributed by atoms with Crippen LogP contribution in [0.3, 0.4) is 0 Å². The number of amides is 3. The van der Waals surface area contributed by atoms with Gasteiger partial charge in [-0.2, -0.15) is 0 Å². The van der Waals surface area contributed by atoms with Crippen LogP contribution in [0.15, 0.2) is 12.1 Å². The van der Waals surface area contributed by atoms with Crippen molar-refractivity contribution in [3.05, 3.63) is 34.4 Å². The quantitative estimate of drug-likeness (QED) is 0.223. The number of piperidine rings is 1. The largest absolute Gasteiger partial charge is 0.453 e. The highest BCUT2D eigenvalue weighted by Gasteiger charge is 2.43. The van der Waals surface area contributed by atoms with Gasteiger partial charge in [0.1, 0.15) is 10.8 Å². The van der Waals surface area contributed by atoms with Gasteiger partial charge in [0.15, 0.2) is 5.82 Å². The van der Waals surface area contributed by atoms with E-state index in [-0.39, 0.29) is 37.1 Å². The van der Waals surface area contributed by atoms with E-state index in [1.165, 1.54) is 45.3 Å². The van der Waals surface area contributed by atoms with Gasteiger partial charge in [0.05, 0.1) is 12.7 Å². The van der Waals surface area contributed by atoms with Crippen molar-refractivity contribution in [2.24, 2.45) is 11.8 Å². The topological polar surface area (TPSA) is 103 Å². The molecule has 39 heavy (non-hydrogen) atoms. The van der Waals surface area contributed by atoms with Gasteiger partial charge in [0.2, 0.25) is 0 Å². The Labute approximate surface area is 235 Å². The fourth-order valence-corrected chi connectivity index (χ4v) is 6.29. The number of carbonyl (C=O) groups excluding carboxylic acids is 2. The van der Waals surface area contributed by atoms with Crippen molar-refractivity contribution in [3.8, 4) is 0 Å². The number of likely N-dealkylation sites (tertiary alicyclic amines) is 1. The number of methoxy groups -OCH3 is 1. The Morgan fingerprint density at radius 1 is 1.21 bits per heavy atom. The molecule has 0 radical (unpaired) electrons. The second-order valence-corrected chi connectivity index (χ2v) is 11.3. The third-order valence-corrected chi connectivity index (χ3v) is 8.54. The van der Waals surface area contributed by atoms with Crippen LogP contribution in [0, 0.1) is 23.5 Å². The van der Waals surface area contributed by atoms with Crippen LogP contribution in [0.2, 0.25) is 5.02 Å². The zero-order chi connectivity index (χ0) is 28.4. The first-order valence-corrected chi connectivity index (χ1v) is 14.5. The Bertz CT molecular complexity index is 966. The first kappa shape index (κ1) is 31.4. The Kier molecular flexibility index (Phi) is 12.1. The predicted octanol–water partition coefficient (Wildman–Crippen LogP) is 4.92. The molecule has 8 nitrogen and oxygen atoms in total. The number of urea groups is 1. The number of benzene rings is 1. The molecule has 11 heteroatoms. The number of carbonyl (C=O) groups is 2. The van der Waals surface area contributed by atoms with Gasteiger partial charge < -0.3 is 30.7 Å². The van der Waals surface area contributed by atoms with E-state index in [9.17, 15) is 19.1 Å². The summed E-state index contributed by atoms with van der Waals surface area (Å²) in [5.74, 6) is -1.84. The molecule has 4 N–H and O–H groups in total. The molecule has 2 aliphatic rings. The molecule has 3 amide bonds. The molecule has 3 rings (SSSR count). The maximum Gasteiger partial charge on any atom is 0.406 e. The summed E-state index contributed by atoms with van der Waals surface area (Å²) in [5, 5.41) is 20.2. The molecule has 2 fully saturated rings. The Balaban J connectivity index is 1.75. The summed E-state index contributed by atoms with van der Waals surface area (Å²) in [6, 6.07) is 2.04. The van der Waals surface area contributed by atoms with Crippen molar-refractivity contribution in [2.45, 2.75) is 75.9 Å². The van der Waals surface area contributed by atoms with Crippen LogP contribution in [0.25, 0.3) is 0 Å². The van der Waals surface area contributed by atoms with E-state index in [1.807, 2.05) is 7.05 Å². The summed E-state index contributed by atoms with van der Waals surface area (Å²) in [5.41, 5.74) is -1.84. The number of hydrogen-bond donors (Lipinski definition) is 4. The normalized spacial score (nSPS) is 20.7. The van der Waals surface area contributed by atoms with Crippen molar-refractivity contribution in [1.82, 2.24) is 20.9 Å². The van der Waals surface area contributed by atoms with Gasteiger partial charge in [-0.25, -0.2) is 18.4 Å². The molecule has 1 aliphatic heterocycles. The van der Waals surface area contributed by atoms with Crippen LogP contribution in [0.4, 0.5) is 18.4 Å². The van der Waals surface area contributed by atoms with Crippen LogP contribution in [0.1, 0.15) is 69.8 Å². The molecule has 1 heterocycles. The summed E-state index contributed by atoms with van der Waals surface area (Å²) in [6.07, 6.45) is 7.95. The number of ether oxygens (including phenoxy) is 1. The van der Waals surface area contributed by atoms with Crippen molar-refractivity contribution in [2.75, 3.05) is 40.3 Å². The highest BCUT2D eigenvalue weighted by Crippen LogP contribution is 2.42. The fraction of sp³-hybridized carbons (Fsp3) is 0.714. The number of nitrogens with zero attached hydrogens (tertiary/aromatic N) is 1. The lowest BCUT2D eigenvalue weighted by molar-refractivity contribution is -0.0577. The highest BCUT2D eigenvalue weighted by atomic mass is 35.5. The lowest BCUT2D eigenvalue weighted by Crippen LogP contribution is -2.54. The van der Waals surface area contributed by atoms with Gasteiger partial charge in [0.25, 0.3) is 0 Å². The third kappa shape index (κ3) is 8.41. The van der Waals surface area contributed by atoms with Crippen molar-refractivity contribution < 1.29 is 28.2 Å². The number of nitrogens with one attached hydrogen (secondary N) is 3. The number of halogens is 3. The highest BCUT2D eigenvalue weighted by molar-refractivity contribution is 6.31. The van der Waals surface area contributed by atoms with E-state index in [0.29, 0.717) is 38.3 Å². The monoisotopic (exact) mass is 572 g/mol. The number of alkyl carbamates (subject to hydrolysis) is 1. The second kappa shape index (κ2) is 15.0. The Morgan fingerprint density at radius 2 is 1.95 bits per heavy atom. The number of hydrogen-bond acceptors (Lipinski definition) is 5. The van der Waals surface area contributed by atoms with E-state index in [0.717, 1.165) is 12.5 Å². The zero-order valence-electron chi connectivity index (χ0n) is 23.0. The first-order chi connectivity index (χ1) is 18.7. The van der Waals surface area contributed by atoms with Crippen LogP contribution in [-0.4, -0.2) is 68.5 Å². The molecule has 220 valence electrons.